The fourth-order valence-corrected chi connectivity index (χ4v) is 1.71. The Morgan fingerprint density at radius 1 is 1.65 bits per heavy atom. The highest BCUT2D eigenvalue weighted by Gasteiger charge is 2.33. The van der Waals surface area contributed by atoms with Gasteiger partial charge in [-0.05, 0) is 6.92 Å². The lowest BCUT2D eigenvalue weighted by Crippen LogP contribution is -2.42. The van der Waals surface area contributed by atoms with Gasteiger partial charge in [-0.15, -0.1) is 0 Å². The first kappa shape index (κ1) is 12.0. The van der Waals surface area contributed by atoms with Gasteiger partial charge in [-0.3, -0.25) is 9.36 Å². The topological polar surface area (TPSA) is 105 Å². The van der Waals surface area contributed by atoms with Gasteiger partial charge in [0.25, 0.3) is 11.6 Å². The van der Waals surface area contributed by atoms with Crippen LogP contribution in [-0.4, -0.2) is 49.8 Å². The van der Waals surface area contributed by atoms with Crippen LogP contribution in [0.1, 0.15) is 5.56 Å². The number of fused-ring (bicyclic) bond motifs is 1. The molecule has 0 saturated carbocycles. The highest BCUT2D eigenvalue weighted by Crippen LogP contribution is 2.20. The Morgan fingerprint density at radius 3 is 3.00 bits per heavy atom. The van der Waals surface area contributed by atoms with Crippen LogP contribution in [0.5, 0.6) is 6.01 Å². The second-order valence-corrected chi connectivity index (χ2v) is 4.06. The number of hydrogen-bond donors (Lipinski definition) is 3. The highest BCUT2D eigenvalue weighted by atomic mass is 16.5. The zero-order valence-electron chi connectivity index (χ0n) is 9.28. The molecule has 3 unspecified atom stereocenters. The predicted octanol–water partition coefficient (Wildman–Crippen LogP) is -1.97. The van der Waals surface area contributed by atoms with Gasteiger partial charge < -0.3 is 20.1 Å². The number of aliphatic hydroxyl groups is 3. The molecule has 0 amide bonds. The van der Waals surface area contributed by atoms with E-state index in [4.69, 9.17) is 9.84 Å². The van der Waals surface area contributed by atoms with Gasteiger partial charge in [0.2, 0.25) is 0 Å². The van der Waals surface area contributed by atoms with Crippen molar-refractivity contribution in [3.63, 3.8) is 0 Å². The maximum Gasteiger partial charge on any atom is 0.300 e. The molecule has 0 aliphatic carbocycles. The maximum atomic E-state index is 11.3. The summed E-state index contributed by atoms with van der Waals surface area (Å²) in [4.78, 5) is 15.0. The Bertz CT molecular complexity index is 472. The van der Waals surface area contributed by atoms with E-state index in [1.165, 1.54) is 0 Å². The van der Waals surface area contributed by atoms with Crippen molar-refractivity contribution >= 4 is 0 Å². The molecule has 0 bridgehead atoms. The molecule has 1 aliphatic heterocycles. The minimum Gasteiger partial charge on any atom is -0.456 e. The molecule has 7 nitrogen and oxygen atoms in total. The zero-order valence-corrected chi connectivity index (χ0v) is 9.28. The Labute approximate surface area is 96.9 Å². The van der Waals surface area contributed by atoms with Crippen LogP contribution in [-0.2, 0) is 6.54 Å². The average Bonchev–Trinajstić information content (AvgIpc) is 2.70. The minimum atomic E-state index is -1.28. The summed E-state index contributed by atoms with van der Waals surface area (Å²) in [7, 11) is 0. The Kier molecular flexibility index (Phi) is 3.14. The molecule has 2 rings (SSSR count). The summed E-state index contributed by atoms with van der Waals surface area (Å²) in [6.07, 6.45) is -1.63. The van der Waals surface area contributed by atoms with E-state index in [2.05, 4.69) is 4.98 Å². The van der Waals surface area contributed by atoms with Crippen molar-refractivity contribution in [1.29, 1.82) is 0 Å². The van der Waals surface area contributed by atoms with Crippen molar-refractivity contribution < 1.29 is 20.1 Å². The monoisotopic (exact) mass is 242 g/mol. The molecule has 0 saturated heterocycles. The second kappa shape index (κ2) is 4.44. The summed E-state index contributed by atoms with van der Waals surface area (Å²) >= 11 is 0. The smallest absolute Gasteiger partial charge is 0.300 e. The highest BCUT2D eigenvalue weighted by molar-refractivity contribution is 5.12. The van der Waals surface area contributed by atoms with Crippen molar-refractivity contribution in [2.75, 3.05) is 6.61 Å². The summed E-state index contributed by atoms with van der Waals surface area (Å²) in [5.74, 6) is 0. The van der Waals surface area contributed by atoms with E-state index >= 15 is 0 Å². The van der Waals surface area contributed by atoms with Crippen LogP contribution in [0.2, 0.25) is 0 Å². The van der Waals surface area contributed by atoms with Crippen LogP contribution in [0.4, 0.5) is 0 Å². The Morgan fingerprint density at radius 2 is 2.35 bits per heavy atom. The first-order valence-corrected chi connectivity index (χ1v) is 5.24. The van der Waals surface area contributed by atoms with E-state index in [9.17, 15) is 15.0 Å². The summed E-state index contributed by atoms with van der Waals surface area (Å²) in [6.45, 7) is 1.36. The minimum absolute atomic E-state index is 0.120. The molecule has 17 heavy (non-hydrogen) atoms. The molecule has 1 aromatic heterocycles. The zero-order chi connectivity index (χ0) is 12.6. The fraction of sp³-hybridized carbons (Fsp3) is 0.600. The molecule has 3 N–H and O–H groups in total. The molecule has 7 heteroatoms. The lowest BCUT2D eigenvalue weighted by atomic mass is 10.1. The normalized spacial score (nSPS) is 21.8. The van der Waals surface area contributed by atoms with E-state index in [0.717, 1.165) is 0 Å². The number of rotatable bonds is 3. The van der Waals surface area contributed by atoms with Crippen LogP contribution >= 0.6 is 0 Å². The lowest BCUT2D eigenvalue weighted by Gasteiger charge is -2.20. The standard InChI is InChI=1S/C10H14N2O5/c1-5-2-12-3-7(8(15)6(14)4-13)17-10(12)11-9(5)16/h2,6-8,13-15H,3-4H2,1H3. The molecular formula is C10H14N2O5. The molecule has 0 spiro atoms. The molecule has 1 aromatic rings. The van der Waals surface area contributed by atoms with E-state index in [1.54, 1.807) is 17.7 Å². The number of hydrogen-bond acceptors (Lipinski definition) is 6. The van der Waals surface area contributed by atoms with Crippen LogP contribution < -0.4 is 10.3 Å². The number of aryl methyl sites for hydroxylation is 1. The largest absolute Gasteiger partial charge is 0.456 e. The van der Waals surface area contributed by atoms with Crippen LogP contribution in [0, 0.1) is 6.92 Å². The van der Waals surface area contributed by atoms with Crippen LogP contribution in [0.15, 0.2) is 11.0 Å². The van der Waals surface area contributed by atoms with Crippen molar-refractivity contribution in [3.8, 4) is 6.01 Å². The Balaban J connectivity index is 2.19. The van der Waals surface area contributed by atoms with Gasteiger partial charge in [-0.1, -0.05) is 0 Å². The van der Waals surface area contributed by atoms with Crippen molar-refractivity contribution in [2.45, 2.75) is 31.8 Å². The van der Waals surface area contributed by atoms with Gasteiger partial charge in [0.1, 0.15) is 18.3 Å². The number of nitrogens with zero attached hydrogens (tertiary/aromatic N) is 2. The molecular weight excluding hydrogens is 228 g/mol. The number of aliphatic hydroxyl groups excluding tert-OH is 3. The van der Waals surface area contributed by atoms with Crippen molar-refractivity contribution in [1.82, 2.24) is 9.55 Å². The Hall–Kier alpha value is -1.44. The summed E-state index contributed by atoms with van der Waals surface area (Å²) in [5, 5.41) is 27.7. The predicted molar refractivity (Wildman–Crippen MR) is 56.7 cm³/mol. The first-order valence-electron chi connectivity index (χ1n) is 5.24. The third-order valence-electron chi connectivity index (χ3n) is 2.73. The van der Waals surface area contributed by atoms with E-state index in [-0.39, 0.29) is 18.1 Å². The van der Waals surface area contributed by atoms with Gasteiger partial charge in [0, 0.05) is 11.8 Å². The number of aromatic nitrogens is 2. The van der Waals surface area contributed by atoms with Gasteiger partial charge in [0.15, 0.2) is 0 Å². The van der Waals surface area contributed by atoms with Gasteiger partial charge >= 0.3 is 0 Å². The summed E-state index contributed by atoms with van der Waals surface area (Å²) < 4.78 is 6.85. The molecule has 1 aliphatic rings. The van der Waals surface area contributed by atoms with Crippen LogP contribution in [0.3, 0.4) is 0 Å². The van der Waals surface area contributed by atoms with E-state index in [1.807, 2.05) is 0 Å². The van der Waals surface area contributed by atoms with Crippen molar-refractivity contribution in [2.24, 2.45) is 0 Å². The third-order valence-corrected chi connectivity index (χ3v) is 2.73. The van der Waals surface area contributed by atoms with Crippen molar-refractivity contribution in [3.05, 3.63) is 22.1 Å². The van der Waals surface area contributed by atoms with Crippen LogP contribution in [0.25, 0.3) is 0 Å². The van der Waals surface area contributed by atoms with E-state index < -0.39 is 24.9 Å². The fourth-order valence-electron chi connectivity index (χ4n) is 1.71. The molecule has 0 radical (unpaired) electrons. The third kappa shape index (κ3) is 2.17. The first-order chi connectivity index (χ1) is 8.02. The van der Waals surface area contributed by atoms with E-state index in [0.29, 0.717) is 5.56 Å². The molecule has 94 valence electrons. The van der Waals surface area contributed by atoms with Gasteiger partial charge in [-0.25, -0.2) is 0 Å². The summed E-state index contributed by atoms with van der Waals surface area (Å²) in [6, 6.07) is 0.120. The number of ether oxygens (including phenoxy) is 1. The average molecular weight is 242 g/mol. The SMILES string of the molecule is Cc1cn2c(nc1=O)OC(C(O)C(O)CO)C2. The molecule has 0 aromatic carbocycles. The molecule has 2 heterocycles. The quantitative estimate of drug-likeness (QED) is 0.567. The molecule has 0 fully saturated rings. The van der Waals surface area contributed by atoms with Gasteiger partial charge in [0.05, 0.1) is 13.2 Å². The lowest BCUT2D eigenvalue weighted by molar-refractivity contribution is -0.0631. The summed E-state index contributed by atoms with van der Waals surface area (Å²) in [5.41, 5.74) is 0.101. The van der Waals surface area contributed by atoms with Gasteiger partial charge in [-0.2, -0.15) is 4.98 Å². The molecule has 3 atom stereocenters. The maximum absolute atomic E-state index is 11.3. The second-order valence-electron chi connectivity index (χ2n) is 4.06.